The minimum atomic E-state index is -0.851. The Hall–Kier alpha value is -2.04. The summed E-state index contributed by atoms with van der Waals surface area (Å²) in [4.78, 5) is 25.6. The predicted octanol–water partition coefficient (Wildman–Crippen LogP) is 2.47. The summed E-state index contributed by atoms with van der Waals surface area (Å²) in [6, 6.07) is 6.90. The largest absolute Gasteiger partial charge is 0.497 e. The van der Waals surface area contributed by atoms with Gasteiger partial charge in [-0.25, -0.2) is 0 Å². The van der Waals surface area contributed by atoms with E-state index in [1.165, 1.54) is 0 Å². The lowest BCUT2D eigenvalue weighted by Gasteiger charge is -2.33. The molecule has 1 aliphatic heterocycles. The molecule has 2 unspecified atom stereocenters. The van der Waals surface area contributed by atoms with Crippen LogP contribution in [0.3, 0.4) is 0 Å². The molecule has 1 N–H and O–H groups in total. The van der Waals surface area contributed by atoms with Crippen LogP contribution in [0.25, 0.3) is 0 Å². The van der Waals surface area contributed by atoms with Crippen molar-refractivity contribution in [3.05, 3.63) is 29.8 Å². The van der Waals surface area contributed by atoms with Crippen LogP contribution in [-0.4, -0.2) is 35.5 Å². The molecule has 2 rings (SSSR count). The Balaban J connectivity index is 2.48. The number of hydrogen-bond acceptors (Lipinski definition) is 3. The number of ether oxygens (including phenoxy) is 1. The van der Waals surface area contributed by atoms with Crippen molar-refractivity contribution in [2.24, 2.45) is 5.92 Å². The highest BCUT2D eigenvalue weighted by atomic mass is 16.5. The first-order valence-corrected chi connectivity index (χ1v) is 7.24. The van der Waals surface area contributed by atoms with Crippen LogP contribution in [0.15, 0.2) is 24.3 Å². The predicted molar refractivity (Wildman–Crippen MR) is 78.1 cm³/mol. The third kappa shape index (κ3) is 3.17. The minimum Gasteiger partial charge on any atom is -0.497 e. The SMILES string of the molecule is CCN1C(=O)CCCC(C(=O)O)C1c1cccc(OC)c1. The summed E-state index contributed by atoms with van der Waals surface area (Å²) < 4.78 is 5.22. The number of rotatable bonds is 4. The molecule has 1 aromatic rings. The van der Waals surface area contributed by atoms with Crippen LogP contribution >= 0.6 is 0 Å². The van der Waals surface area contributed by atoms with E-state index in [0.717, 1.165) is 5.56 Å². The number of carbonyl (C=O) groups is 2. The molecule has 21 heavy (non-hydrogen) atoms. The van der Waals surface area contributed by atoms with Gasteiger partial charge < -0.3 is 14.7 Å². The fraction of sp³-hybridized carbons (Fsp3) is 0.500. The van der Waals surface area contributed by atoms with Crippen molar-refractivity contribution in [3.8, 4) is 5.75 Å². The number of carbonyl (C=O) groups excluding carboxylic acids is 1. The van der Waals surface area contributed by atoms with Gasteiger partial charge in [0.15, 0.2) is 0 Å². The molecule has 1 amide bonds. The summed E-state index contributed by atoms with van der Waals surface area (Å²) >= 11 is 0. The first-order valence-electron chi connectivity index (χ1n) is 7.24. The Morgan fingerprint density at radius 2 is 2.24 bits per heavy atom. The second-order valence-electron chi connectivity index (χ2n) is 5.24. The molecule has 1 saturated heterocycles. The summed E-state index contributed by atoms with van der Waals surface area (Å²) in [6.45, 7) is 2.39. The zero-order valence-corrected chi connectivity index (χ0v) is 12.4. The smallest absolute Gasteiger partial charge is 0.308 e. The highest BCUT2D eigenvalue weighted by Crippen LogP contribution is 2.36. The van der Waals surface area contributed by atoms with Crippen molar-refractivity contribution < 1.29 is 19.4 Å². The van der Waals surface area contributed by atoms with E-state index < -0.39 is 17.9 Å². The lowest BCUT2D eigenvalue weighted by Crippen LogP contribution is -2.38. The molecule has 2 atom stereocenters. The van der Waals surface area contributed by atoms with E-state index in [-0.39, 0.29) is 5.91 Å². The Labute approximate surface area is 124 Å². The number of hydrogen-bond donors (Lipinski definition) is 1. The molecule has 1 fully saturated rings. The van der Waals surface area contributed by atoms with Crippen molar-refractivity contribution in [2.75, 3.05) is 13.7 Å². The number of aliphatic carboxylic acids is 1. The molecule has 0 spiro atoms. The number of benzene rings is 1. The lowest BCUT2D eigenvalue weighted by atomic mass is 9.89. The average Bonchev–Trinajstić information content (AvgIpc) is 2.65. The molecule has 1 aromatic carbocycles. The molecule has 114 valence electrons. The highest BCUT2D eigenvalue weighted by molar-refractivity contribution is 5.79. The van der Waals surface area contributed by atoms with Gasteiger partial charge in [-0.2, -0.15) is 0 Å². The van der Waals surface area contributed by atoms with Crippen LogP contribution in [0.5, 0.6) is 5.75 Å². The van der Waals surface area contributed by atoms with Crippen LogP contribution in [0, 0.1) is 5.92 Å². The molecule has 0 aromatic heterocycles. The van der Waals surface area contributed by atoms with Crippen LogP contribution in [-0.2, 0) is 9.59 Å². The van der Waals surface area contributed by atoms with Gasteiger partial charge in [0.2, 0.25) is 5.91 Å². The van der Waals surface area contributed by atoms with Gasteiger partial charge in [0.25, 0.3) is 0 Å². The standard InChI is InChI=1S/C16H21NO4/c1-3-17-14(18)9-5-8-13(16(19)20)15(17)11-6-4-7-12(10-11)21-2/h4,6-7,10,13,15H,3,5,8-9H2,1-2H3,(H,19,20). The van der Waals surface area contributed by atoms with Gasteiger partial charge in [-0.3, -0.25) is 9.59 Å². The molecular weight excluding hydrogens is 270 g/mol. The zero-order valence-electron chi connectivity index (χ0n) is 12.4. The maximum absolute atomic E-state index is 12.3. The molecule has 1 heterocycles. The summed E-state index contributed by atoms with van der Waals surface area (Å²) in [5.74, 6) is -0.738. The van der Waals surface area contributed by atoms with Gasteiger partial charge in [0.1, 0.15) is 5.75 Å². The zero-order chi connectivity index (χ0) is 15.4. The van der Waals surface area contributed by atoms with E-state index in [9.17, 15) is 14.7 Å². The summed E-state index contributed by atoms with van der Waals surface area (Å²) in [6.07, 6.45) is 1.55. The molecule has 0 aliphatic carbocycles. The van der Waals surface area contributed by atoms with E-state index in [1.54, 1.807) is 12.0 Å². The summed E-state index contributed by atoms with van der Waals surface area (Å²) in [5, 5.41) is 9.55. The van der Waals surface area contributed by atoms with Crippen molar-refractivity contribution >= 4 is 11.9 Å². The topological polar surface area (TPSA) is 66.8 Å². The summed E-state index contributed by atoms with van der Waals surface area (Å²) in [5.41, 5.74) is 0.818. The molecule has 0 saturated carbocycles. The Morgan fingerprint density at radius 1 is 1.48 bits per heavy atom. The van der Waals surface area contributed by atoms with Crippen LogP contribution < -0.4 is 4.74 Å². The average molecular weight is 291 g/mol. The molecule has 0 bridgehead atoms. The van der Waals surface area contributed by atoms with E-state index in [2.05, 4.69) is 0 Å². The number of amides is 1. The fourth-order valence-electron chi connectivity index (χ4n) is 3.02. The second kappa shape index (κ2) is 6.61. The lowest BCUT2D eigenvalue weighted by molar-refractivity contribution is -0.146. The van der Waals surface area contributed by atoms with E-state index in [0.29, 0.717) is 31.6 Å². The van der Waals surface area contributed by atoms with Crippen LogP contribution in [0.4, 0.5) is 0 Å². The minimum absolute atomic E-state index is 0.0223. The third-order valence-electron chi connectivity index (χ3n) is 4.04. The Morgan fingerprint density at radius 3 is 2.86 bits per heavy atom. The van der Waals surface area contributed by atoms with Gasteiger partial charge in [-0.1, -0.05) is 12.1 Å². The second-order valence-corrected chi connectivity index (χ2v) is 5.24. The monoisotopic (exact) mass is 291 g/mol. The Kier molecular flexibility index (Phi) is 4.83. The van der Waals surface area contributed by atoms with Crippen molar-refractivity contribution in [1.82, 2.24) is 4.90 Å². The first kappa shape index (κ1) is 15.4. The van der Waals surface area contributed by atoms with E-state index in [1.807, 2.05) is 31.2 Å². The van der Waals surface area contributed by atoms with Crippen molar-refractivity contribution in [2.45, 2.75) is 32.2 Å². The fourth-order valence-corrected chi connectivity index (χ4v) is 3.02. The van der Waals surface area contributed by atoms with E-state index in [4.69, 9.17) is 4.74 Å². The maximum atomic E-state index is 12.3. The molecular formula is C16H21NO4. The quantitative estimate of drug-likeness (QED) is 0.925. The van der Waals surface area contributed by atoms with Gasteiger partial charge in [0.05, 0.1) is 19.1 Å². The normalized spacial score (nSPS) is 22.8. The maximum Gasteiger partial charge on any atom is 0.308 e. The number of likely N-dealkylation sites (tertiary alicyclic amines) is 1. The van der Waals surface area contributed by atoms with Gasteiger partial charge in [0, 0.05) is 13.0 Å². The molecule has 5 heteroatoms. The van der Waals surface area contributed by atoms with Gasteiger partial charge in [-0.15, -0.1) is 0 Å². The molecule has 1 aliphatic rings. The third-order valence-corrected chi connectivity index (χ3v) is 4.04. The summed E-state index contributed by atoms with van der Waals surface area (Å²) in [7, 11) is 1.57. The number of methoxy groups -OCH3 is 1. The van der Waals surface area contributed by atoms with E-state index >= 15 is 0 Å². The number of nitrogens with zero attached hydrogens (tertiary/aromatic N) is 1. The number of carboxylic acid groups (broad SMARTS) is 1. The van der Waals surface area contributed by atoms with Crippen molar-refractivity contribution in [1.29, 1.82) is 0 Å². The number of carboxylic acids is 1. The molecule has 0 radical (unpaired) electrons. The van der Waals surface area contributed by atoms with Gasteiger partial charge >= 0.3 is 5.97 Å². The first-order chi connectivity index (χ1) is 10.1. The highest BCUT2D eigenvalue weighted by Gasteiger charge is 2.37. The van der Waals surface area contributed by atoms with Crippen molar-refractivity contribution in [3.63, 3.8) is 0 Å². The van der Waals surface area contributed by atoms with Crippen LogP contribution in [0.1, 0.15) is 37.8 Å². The van der Waals surface area contributed by atoms with Gasteiger partial charge in [-0.05, 0) is 37.5 Å². The Bertz CT molecular complexity index is 527. The molecule has 5 nitrogen and oxygen atoms in total. The van der Waals surface area contributed by atoms with Crippen LogP contribution in [0.2, 0.25) is 0 Å².